The average Bonchev–Trinajstić information content (AvgIpc) is 3.07. The number of esters is 1. The summed E-state index contributed by atoms with van der Waals surface area (Å²) in [6.07, 6.45) is 0.978. The van der Waals surface area contributed by atoms with Crippen molar-refractivity contribution in [1.29, 1.82) is 0 Å². The van der Waals surface area contributed by atoms with Gasteiger partial charge in [0.2, 0.25) is 6.79 Å². The second kappa shape index (κ2) is 5.40. The normalized spacial score (nSPS) is 19.4. The standard InChI is InChI=1S/C14H15NO5/c1-2-17-14(16)11-7-10(20-15-11)5-9-3-4-12-13(6-9)19-8-18-12/h3-4,6,10H,2,5,7-8H2,1H3/t10-/m1/s1. The monoisotopic (exact) mass is 277 g/mol. The maximum absolute atomic E-state index is 11.5. The zero-order valence-electron chi connectivity index (χ0n) is 11.1. The molecule has 0 radical (unpaired) electrons. The Labute approximate surface area is 116 Å². The zero-order chi connectivity index (χ0) is 13.9. The largest absolute Gasteiger partial charge is 0.461 e. The summed E-state index contributed by atoms with van der Waals surface area (Å²) in [5.41, 5.74) is 1.40. The molecule has 2 aliphatic rings. The third kappa shape index (κ3) is 2.54. The number of hydrogen-bond donors (Lipinski definition) is 0. The first kappa shape index (κ1) is 12.8. The molecule has 0 saturated carbocycles. The van der Waals surface area contributed by atoms with Gasteiger partial charge in [-0.2, -0.15) is 0 Å². The molecule has 0 saturated heterocycles. The van der Waals surface area contributed by atoms with Crippen LogP contribution in [-0.4, -0.2) is 31.2 Å². The highest BCUT2D eigenvalue weighted by Gasteiger charge is 2.27. The number of fused-ring (bicyclic) bond motifs is 1. The summed E-state index contributed by atoms with van der Waals surface area (Å²) in [5, 5.41) is 3.79. The summed E-state index contributed by atoms with van der Waals surface area (Å²) >= 11 is 0. The molecule has 6 heteroatoms. The molecule has 0 fully saturated rings. The predicted molar refractivity (Wildman–Crippen MR) is 69.8 cm³/mol. The van der Waals surface area contributed by atoms with Crippen LogP contribution in [-0.2, 0) is 20.8 Å². The van der Waals surface area contributed by atoms with Gasteiger partial charge >= 0.3 is 5.97 Å². The van der Waals surface area contributed by atoms with Crippen molar-refractivity contribution < 1.29 is 23.8 Å². The van der Waals surface area contributed by atoms with Crippen LogP contribution in [0, 0.1) is 0 Å². The lowest BCUT2D eigenvalue weighted by Gasteiger charge is -2.08. The van der Waals surface area contributed by atoms with E-state index in [2.05, 4.69) is 5.16 Å². The van der Waals surface area contributed by atoms with E-state index in [9.17, 15) is 4.79 Å². The van der Waals surface area contributed by atoms with E-state index in [1.165, 1.54) is 0 Å². The predicted octanol–water partition coefficient (Wildman–Crippen LogP) is 1.67. The van der Waals surface area contributed by atoms with Crippen LogP contribution in [0.4, 0.5) is 0 Å². The van der Waals surface area contributed by atoms with Gasteiger partial charge in [-0.1, -0.05) is 11.2 Å². The summed E-state index contributed by atoms with van der Waals surface area (Å²) < 4.78 is 15.5. The van der Waals surface area contributed by atoms with Gasteiger partial charge in [0, 0.05) is 12.8 Å². The smallest absolute Gasteiger partial charge is 0.356 e. The summed E-state index contributed by atoms with van der Waals surface area (Å²) in [4.78, 5) is 16.8. The van der Waals surface area contributed by atoms with Crippen molar-refractivity contribution in [2.45, 2.75) is 25.9 Å². The molecule has 0 N–H and O–H groups in total. The fraction of sp³-hybridized carbons (Fsp3) is 0.429. The minimum Gasteiger partial charge on any atom is -0.461 e. The Kier molecular flexibility index (Phi) is 3.45. The van der Waals surface area contributed by atoms with Gasteiger partial charge in [-0.25, -0.2) is 4.79 Å². The van der Waals surface area contributed by atoms with E-state index in [1.807, 2.05) is 18.2 Å². The van der Waals surface area contributed by atoms with Crippen LogP contribution in [0.1, 0.15) is 18.9 Å². The number of benzene rings is 1. The van der Waals surface area contributed by atoms with Crippen LogP contribution >= 0.6 is 0 Å². The number of rotatable bonds is 4. The molecule has 20 heavy (non-hydrogen) atoms. The molecule has 1 aromatic rings. The van der Waals surface area contributed by atoms with E-state index < -0.39 is 5.97 Å². The van der Waals surface area contributed by atoms with Crippen molar-refractivity contribution in [3.05, 3.63) is 23.8 Å². The number of hydrogen-bond acceptors (Lipinski definition) is 6. The van der Waals surface area contributed by atoms with Gasteiger partial charge in [-0.3, -0.25) is 0 Å². The van der Waals surface area contributed by atoms with Gasteiger partial charge in [0.25, 0.3) is 0 Å². The quantitative estimate of drug-likeness (QED) is 0.783. The molecule has 2 aliphatic heterocycles. The lowest BCUT2D eigenvalue weighted by Crippen LogP contribution is -2.19. The molecule has 3 rings (SSSR count). The highest BCUT2D eigenvalue weighted by atomic mass is 16.7. The topological polar surface area (TPSA) is 66.4 Å². The van der Waals surface area contributed by atoms with Crippen molar-refractivity contribution >= 4 is 11.7 Å². The molecule has 106 valence electrons. The van der Waals surface area contributed by atoms with Crippen molar-refractivity contribution in [1.82, 2.24) is 0 Å². The third-order valence-corrected chi connectivity index (χ3v) is 3.14. The minimum absolute atomic E-state index is 0.144. The molecule has 2 heterocycles. The molecule has 0 spiro atoms. The van der Waals surface area contributed by atoms with E-state index in [1.54, 1.807) is 6.92 Å². The number of carbonyl (C=O) groups is 1. The van der Waals surface area contributed by atoms with Crippen LogP contribution in [0.25, 0.3) is 0 Å². The van der Waals surface area contributed by atoms with E-state index in [0.717, 1.165) is 17.1 Å². The maximum atomic E-state index is 11.5. The Hall–Kier alpha value is -2.24. The lowest BCUT2D eigenvalue weighted by atomic mass is 10.0. The number of ether oxygens (including phenoxy) is 3. The van der Waals surface area contributed by atoms with Crippen LogP contribution in [0.3, 0.4) is 0 Å². The van der Waals surface area contributed by atoms with Gasteiger partial charge in [0.15, 0.2) is 17.2 Å². The van der Waals surface area contributed by atoms with Gasteiger partial charge in [-0.15, -0.1) is 0 Å². The SMILES string of the molecule is CCOC(=O)C1=NO[C@H](Cc2ccc3c(c2)OCO3)C1. The minimum atomic E-state index is -0.402. The van der Waals surface area contributed by atoms with Gasteiger partial charge in [0.1, 0.15) is 6.10 Å². The fourth-order valence-electron chi connectivity index (χ4n) is 2.20. The molecular weight excluding hydrogens is 262 g/mol. The number of nitrogens with zero attached hydrogens (tertiary/aromatic N) is 1. The van der Waals surface area contributed by atoms with Gasteiger partial charge < -0.3 is 19.0 Å². The zero-order valence-corrected chi connectivity index (χ0v) is 11.1. The second-order valence-corrected chi connectivity index (χ2v) is 4.58. The summed E-state index contributed by atoms with van der Waals surface area (Å²) in [6.45, 7) is 2.36. The Balaban J connectivity index is 1.59. The first-order valence-electron chi connectivity index (χ1n) is 6.54. The summed E-state index contributed by atoms with van der Waals surface area (Å²) in [5.74, 6) is 1.09. The Bertz CT molecular complexity index is 554. The van der Waals surface area contributed by atoms with E-state index >= 15 is 0 Å². The third-order valence-electron chi connectivity index (χ3n) is 3.14. The van der Waals surface area contributed by atoms with Crippen LogP contribution < -0.4 is 9.47 Å². The second-order valence-electron chi connectivity index (χ2n) is 4.58. The first-order chi connectivity index (χ1) is 9.76. The Morgan fingerprint density at radius 3 is 3.10 bits per heavy atom. The average molecular weight is 277 g/mol. The number of carbonyl (C=O) groups excluding carboxylic acids is 1. The highest BCUT2D eigenvalue weighted by molar-refractivity contribution is 6.36. The Morgan fingerprint density at radius 1 is 1.40 bits per heavy atom. The van der Waals surface area contributed by atoms with Crippen molar-refractivity contribution in [2.75, 3.05) is 13.4 Å². The molecule has 0 unspecified atom stereocenters. The molecule has 0 bridgehead atoms. The van der Waals surface area contributed by atoms with Gasteiger partial charge in [0.05, 0.1) is 6.61 Å². The fourth-order valence-corrected chi connectivity index (χ4v) is 2.20. The maximum Gasteiger partial charge on any atom is 0.356 e. The summed E-state index contributed by atoms with van der Waals surface area (Å²) in [7, 11) is 0. The van der Waals surface area contributed by atoms with E-state index in [-0.39, 0.29) is 12.9 Å². The first-order valence-corrected chi connectivity index (χ1v) is 6.54. The molecule has 0 aliphatic carbocycles. The van der Waals surface area contributed by atoms with Crippen molar-refractivity contribution in [3.63, 3.8) is 0 Å². The molecule has 1 atom stereocenters. The van der Waals surface area contributed by atoms with Crippen LogP contribution in [0.2, 0.25) is 0 Å². The van der Waals surface area contributed by atoms with E-state index in [0.29, 0.717) is 25.2 Å². The number of oxime groups is 1. The molecular formula is C14H15NO5. The van der Waals surface area contributed by atoms with E-state index in [4.69, 9.17) is 19.0 Å². The lowest BCUT2D eigenvalue weighted by molar-refractivity contribution is -0.135. The summed E-state index contributed by atoms with van der Waals surface area (Å²) in [6, 6.07) is 5.76. The van der Waals surface area contributed by atoms with Crippen molar-refractivity contribution in [3.8, 4) is 11.5 Å². The van der Waals surface area contributed by atoms with Crippen LogP contribution in [0.15, 0.2) is 23.4 Å². The molecule has 0 amide bonds. The van der Waals surface area contributed by atoms with Crippen molar-refractivity contribution in [2.24, 2.45) is 5.16 Å². The van der Waals surface area contributed by atoms with Gasteiger partial charge in [-0.05, 0) is 24.6 Å². The Morgan fingerprint density at radius 2 is 2.25 bits per heavy atom. The highest BCUT2D eigenvalue weighted by Crippen LogP contribution is 2.33. The molecule has 0 aromatic heterocycles. The molecule has 1 aromatic carbocycles. The van der Waals surface area contributed by atoms with Crippen LogP contribution in [0.5, 0.6) is 11.5 Å². The molecule has 6 nitrogen and oxygen atoms in total.